The summed E-state index contributed by atoms with van der Waals surface area (Å²) >= 11 is 0. The number of para-hydroxylation sites is 1. The Labute approximate surface area is 140 Å². The maximum Gasteiger partial charge on any atom is 0.153 e. The van der Waals surface area contributed by atoms with Gasteiger partial charge in [0.25, 0.3) is 0 Å². The van der Waals surface area contributed by atoms with Gasteiger partial charge in [-0.1, -0.05) is 48.6 Å². The molecule has 0 saturated carbocycles. The maximum absolute atomic E-state index is 10.8. The van der Waals surface area contributed by atoms with Gasteiger partial charge in [0.15, 0.2) is 6.29 Å². The van der Waals surface area contributed by atoms with Gasteiger partial charge in [0.1, 0.15) is 17.2 Å². The maximum atomic E-state index is 10.8. The van der Waals surface area contributed by atoms with Crippen molar-refractivity contribution in [3.05, 3.63) is 89.5 Å². The van der Waals surface area contributed by atoms with Crippen molar-refractivity contribution >= 4 is 18.4 Å². The predicted octanol–water partition coefficient (Wildman–Crippen LogP) is 5.17. The number of phenols is 1. The number of benzene rings is 3. The molecule has 0 saturated heterocycles. The fraction of sp³-hybridized carbons (Fsp3) is 0. The van der Waals surface area contributed by atoms with Gasteiger partial charge in [-0.15, -0.1) is 0 Å². The highest BCUT2D eigenvalue weighted by Gasteiger charge is 2.00. The van der Waals surface area contributed by atoms with Crippen molar-refractivity contribution in [2.45, 2.75) is 0 Å². The van der Waals surface area contributed by atoms with E-state index in [-0.39, 0.29) is 11.3 Å². The van der Waals surface area contributed by atoms with Gasteiger partial charge in [0, 0.05) is 0 Å². The van der Waals surface area contributed by atoms with Gasteiger partial charge in [0.05, 0.1) is 5.56 Å². The Bertz CT molecular complexity index is 850. The molecule has 118 valence electrons. The van der Waals surface area contributed by atoms with E-state index < -0.39 is 0 Å². The number of hydrogen-bond donors (Lipinski definition) is 1. The van der Waals surface area contributed by atoms with Crippen LogP contribution in [0.4, 0.5) is 0 Å². The molecule has 0 bridgehead atoms. The molecule has 0 atom stereocenters. The van der Waals surface area contributed by atoms with E-state index >= 15 is 0 Å². The number of hydrogen-bond acceptors (Lipinski definition) is 3. The van der Waals surface area contributed by atoms with Gasteiger partial charge in [0.2, 0.25) is 0 Å². The third-order valence-electron chi connectivity index (χ3n) is 3.51. The number of aromatic hydroxyl groups is 1. The van der Waals surface area contributed by atoms with E-state index in [1.165, 1.54) is 6.07 Å². The lowest BCUT2D eigenvalue weighted by atomic mass is 10.1. The summed E-state index contributed by atoms with van der Waals surface area (Å²) in [6.07, 6.45) is 4.47. The lowest BCUT2D eigenvalue weighted by molar-refractivity contribution is 0.112. The molecular formula is C21H16O3. The Kier molecular flexibility index (Phi) is 4.73. The minimum absolute atomic E-state index is 0.00966. The molecule has 3 aromatic carbocycles. The predicted molar refractivity (Wildman–Crippen MR) is 95.4 cm³/mol. The Balaban J connectivity index is 1.71. The average molecular weight is 316 g/mol. The first kappa shape index (κ1) is 15.6. The fourth-order valence-electron chi connectivity index (χ4n) is 2.24. The molecule has 0 aliphatic heterocycles. The minimum Gasteiger partial charge on any atom is -0.507 e. The van der Waals surface area contributed by atoms with E-state index in [1.54, 1.807) is 12.1 Å². The molecule has 0 aliphatic rings. The second-order valence-corrected chi connectivity index (χ2v) is 5.25. The van der Waals surface area contributed by atoms with E-state index in [2.05, 4.69) is 0 Å². The van der Waals surface area contributed by atoms with Crippen molar-refractivity contribution in [1.82, 2.24) is 0 Å². The zero-order valence-electron chi connectivity index (χ0n) is 12.9. The summed E-state index contributed by atoms with van der Waals surface area (Å²) in [5.41, 5.74) is 2.14. The molecule has 1 N–H and O–H groups in total. The van der Waals surface area contributed by atoms with Crippen molar-refractivity contribution in [3.63, 3.8) is 0 Å². The molecular weight excluding hydrogens is 300 g/mol. The molecule has 0 spiro atoms. The molecule has 0 radical (unpaired) electrons. The molecule has 0 aliphatic carbocycles. The Morgan fingerprint density at radius 1 is 0.750 bits per heavy atom. The molecule has 24 heavy (non-hydrogen) atoms. The van der Waals surface area contributed by atoms with E-state index in [9.17, 15) is 9.90 Å². The molecule has 3 rings (SSSR count). The van der Waals surface area contributed by atoms with Crippen LogP contribution in [0.2, 0.25) is 0 Å². The highest BCUT2D eigenvalue weighted by Crippen LogP contribution is 2.22. The van der Waals surface area contributed by atoms with Gasteiger partial charge in [-0.2, -0.15) is 0 Å². The van der Waals surface area contributed by atoms with Crippen LogP contribution >= 0.6 is 0 Å². The van der Waals surface area contributed by atoms with Crippen LogP contribution in [0, 0.1) is 0 Å². The Morgan fingerprint density at radius 3 is 2.08 bits per heavy atom. The summed E-state index contributed by atoms with van der Waals surface area (Å²) in [6.45, 7) is 0. The topological polar surface area (TPSA) is 46.5 Å². The molecule has 0 heterocycles. The first-order valence-electron chi connectivity index (χ1n) is 7.54. The van der Waals surface area contributed by atoms with Gasteiger partial charge in [-0.3, -0.25) is 4.79 Å². The smallest absolute Gasteiger partial charge is 0.153 e. The summed E-state index contributed by atoms with van der Waals surface area (Å²) in [6, 6.07) is 22.2. The Hall–Kier alpha value is -3.33. The van der Waals surface area contributed by atoms with E-state index in [0.29, 0.717) is 6.29 Å². The largest absolute Gasteiger partial charge is 0.507 e. The lowest BCUT2D eigenvalue weighted by Crippen LogP contribution is -1.84. The number of ether oxygens (including phenoxy) is 1. The molecule has 3 aromatic rings. The van der Waals surface area contributed by atoms with Crippen LogP contribution in [0.25, 0.3) is 12.2 Å². The number of aldehydes is 1. The first-order valence-corrected chi connectivity index (χ1v) is 7.54. The highest BCUT2D eigenvalue weighted by atomic mass is 16.5. The summed E-state index contributed by atoms with van der Waals surface area (Å²) in [5, 5.41) is 9.50. The Morgan fingerprint density at radius 2 is 1.38 bits per heavy atom. The van der Waals surface area contributed by atoms with E-state index in [4.69, 9.17) is 4.74 Å². The van der Waals surface area contributed by atoms with Gasteiger partial charge < -0.3 is 9.84 Å². The number of carbonyl (C=O) groups excluding carboxylic acids is 1. The zero-order chi connectivity index (χ0) is 16.8. The van der Waals surface area contributed by atoms with Crippen LogP contribution in [-0.4, -0.2) is 11.4 Å². The standard InChI is InChI=1S/C21H16O3/c22-15-18-14-17(10-13-21(18)23)7-6-16-8-11-20(12-9-16)24-19-4-2-1-3-5-19/h1-15,23H. The van der Waals surface area contributed by atoms with Crippen molar-refractivity contribution < 1.29 is 14.6 Å². The normalized spacial score (nSPS) is 10.7. The second-order valence-electron chi connectivity index (χ2n) is 5.25. The first-order chi connectivity index (χ1) is 11.7. The van der Waals surface area contributed by atoms with Crippen LogP contribution in [0.15, 0.2) is 72.8 Å². The molecule has 3 nitrogen and oxygen atoms in total. The van der Waals surface area contributed by atoms with E-state index in [0.717, 1.165) is 22.6 Å². The highest BCUT2D eigenvalue weighted by molar-refractivity contribution is 5.81. The number of rotatable bonds is 5. The van der Waals surface area contributed by atoms with Crippen LogP contribution < -0.4 is 4.74 Å². The molecule has 0 fully saturated rings. The second kappa shape index (κ2) is 7.29. The van der Waals surface area contributed by atoms with Crippen molar-refractivity contribution in [2.24, 2.45) is 0 Å². The van der Waals surface area contributed by atoms with Crippen molar-refractivity contribution in [2.75, 3.05) is 0 Å². The SMILES string of the molecule is O=Cc1cc(C=Cc2ccc(Oc3ccccc3)cc2)ccc1O. The summed E-state index contributed by atoms with van der Waals surface area (Å²) in [4.78, 5) is 10.8. The van der Waals surface area contributed by atoms with Gasteiger partial charge in [-0.05, 0) is 47.5 Å². The summed E-state index contributed by atoms with van der Waals surface area (Å²) in [7, 11) is 0. The third-order valence-corrected chi connectivity index (χ3v) is 3.51. The number of phenolic OH excluding ortho intramolecular Hbond substituents is 1. The lowest BCUT2D eigenvalue weighted by Gasteiger charge is -2.05. The van der Waals surface area contributed by atoms with Gasteiger partial charge >= 0.3 is 0 Å². The van der Waals surface area contributed by atoms with Crippen LogP contribution in [0.5, 0.6) is 17.2 Å². The van der Waals surface area contributed by atoms with Gasteiger partial charge in [-0.25, -0.2) is 0 Å². The molecule has 0 aromatic heterocycles. The summed E-state index contributed by atoms with van der Waals surface area (Å²) < 4.78 is 5.75. The molecule has 0 unspecified atom stereocenters. The fourth-order valence-corrected chi connectivity index (χ4v) is 2.24. The monoisotopic (exact) mass is 316 g/mol. The van der Waals surface area contributed by atoms with Crippen LogP contribution in [0.1, 0.15) is 21.5 Å². The number of carbonyl (C=O) groups is 1. The minimum atomic E-state index is -0.00966. The average Bonchev–Trinajstić information content (AvgIpc) is 2.63. The summed E-state index contributed by atoms with van der Waals surface area (Å²) in [5.74, 6) is 1.56. The van der Waals surface area contributed by atoms with Crippen molar-refractivity contribution in [1.29, 1.82) is 0 Å². The third kappa shape index (κ3) is 3.90. The van der Waals surface area contributed by atoms with Crippen LogP contribution in [-0.2, 0) is 0 Å². The van der Waals surface area contributed by atoms with Crippen LogP contribution in [0.3, 0.4) is 0 Å². The van der Waals surface area contributed by atoms with Crippen molar-refractivity contribution in [3.8, 4) is 17.2 Å². The quantitative estimate of drug-likeness (QED) is 0.522. The van der Waals surface area contributed by atoms with E-state index in [1.807, 2.05) is 66.7 Å². The molecule has 3 heteroatoms. The zero-order valence-corrected chi connectivity index (χ0v) is 12.9. The molecule has 0 amide bonds.